The molecule has 112 valence electrons. The molecule has 21 heavy (non-hydrogen) atoms. The summed E-state index contributed by atoms with van der Waals surface area (Å²) < 4.78 is 5.65. The third-order valence-electron chi connectivity index (χ3n) is 3.99. The van der Waals surface area contributed by atoms with Gasteiger partial charge in [0.15, 0.2) is 0 Å². The maximum Gasteiger partial charge on any atom is 0.315 e. The molecule has 1 aromatic heterocycles. The summed E-state index contributed by atoms with van der Waals surface area (Å²) in [5.74, 6) is 0.696. The fraction of sp³-hybridized carbons (Fsp3) is 0.500. The van der Waals surface area contributed by atoms with Crippen LogP contribution in [0.4, 0.5) is 6.01 Å². The van der Waals surface area contributed by atoms with Crippen LogP contribution in [0, 0.1) is 0 Å². The lowest BCUT2D eigenvalue weighted by Gasteiger charge is -2.24. The Bertz CT molecular complexity index is 581. The van der Waals surface area contributed by atoms with E-state index < -0.39 is 0 Å². The predicted molar refractivity (Wildman–Crippen MR) is 82.2 cm³/mol. The fourth-order valence-corrected chi connectivity index (χ4v) is 2.83. The number of rotatable bonds is 6. The fourth-order valence-electron chi connectivity index (χ4n) is 2.83. The van der Waals surface area contributed by atoms with Crippen molar-refractivity contribution in [1.29, 1.82) is 0 Å². The number of hydrogen-bond donors (Lipinski definition) is 2. The smallest absolute Gasteiger partial charge is 0.315 e. The van der Waals surface area contributed by atoms with Crippen LogP contribution in [0.3, 0.4) is 0 Å². The molecule has 0 saturated carbocycles. The van der Waals surface area contributed by atoms with Crippen molar-refractivity contribution in [2.75, 3.05) is 11.9 Å². The topological polar surface area (TPSA) is 77.0 Å². The van der Waals surface area contributed by atoms with Gasteiger partial charge in [-0.25, -0.2) is 0 Å². The highest BCUT2D eigenvalue weighted by Crippen LogP contribution is 2.23. The van der Waals surface area contributed by atoms with E-state index in [1.807, 2.05) is 0 Å². The second-order valence-corrected chi connectivity index (χ2v) is 5.60. The molecule has 1 aliphatic rings. The molecule has 3 N–H and O–H groups in total. The standard InChI is InChI=1S/C16H22N4O/c17-10-4-3-7-15-19-20-16(21-15)18-14-9-8-12-5-1-2-6-13(12)11-14/h1-2,5-6,14H,3-4,7-11,17H2,(H,18,20). The molecule has 3 rings (SSSR count). The molecular weight excluding hydrogens is 264 g/mol. The molecule has 0 amide bonds. The summed E-state index contributed by atoms with van der Waals surface area (Å²) >= 11 is 0. The van der Waals surface area contributed by atoms with Gasteiger partial charge in [0.2, 0.25) is 5.89 Å². The Labute approximate surface area is 124 Å². The second-order valence-electron chi connectivity index (χ2n) is 5.60. The summed E-state index contributed by atoms with van der Waals surface area (Å²) in [4.78, 5) is 0. The minimum Gasteiger partial charge on any atom is -0.408 e. The third kappa shape index (κ3) is 3.61. The zero-order chi connectivity index (χ0) is 14.5. The van der Waals surface area contributed by atoms with Crippen LogP contribution in [0.15, 0.2) is 28.7 Å². The molecule has 0 saturated heterocycles. The van der Waals surface area contributed by atoms with Gasteiger partial charge in [0, 0.05) is 12.5 Å². The Morgan fingerprint density at radius 1 is 1.19 bits per heavy atom. The summed E-state index contributed by atoms with van der Waals surface area (Å²) in [7, 11) is 0. The molecule has 5 nitrogen and oxygen atoms in total. The average molecular weight is 286 g/mol. The van der Waals surface area contributed by atoms with Crippen LogP contribution in [0.25, 0.3) is 0 Å². The van der Waals surface area contributed by atoms with E-state index in [1.165, 1.54) is 11.1 Å². The lowest BCUT2D eigenvalue weighted by Crippen LogP contribution is -2.27. The number of aromatic nitrogens is 2. The lowest BCUT2D eigenvalue weighted by molar-refractivity contribution is 0.481. The highest BCUT2D eigenvalue weighted by atomic mass is 16.4. The van der Waals surface area contributed by atoms with Crippen molar-refractivity contribution in [3.05, 3.63) is 41.3 Å². The molecule has 5 heteroatoms. The van der Waals surface area contributed by atoms with E-state index in [2.05, 4.69) is 39.8 Å². The van der Waals surface area contributed by atoms with Crippen molar-refractivity contribution in [2.24, 2.45) is 5.73 Å². The first-order chi connectivity index (χ1) is 10.3. The molecule has 0 bridgehead atoms. The van der Waals surface area contributed by atoms with Crippen LogP contribution in [0.2, 0.25) is 0 Å². The summed E-state index contributed by atoms with van der Waals surface area (Å²) in [5, 5.41) is 11.5. The van der Waals surface area contributed by atoms with Crippen molar-refractivity contribution in [1.82, 2.24) is 10.2 Å². The number of nitrogens with two attached hydrogens (primary N) is 1. The van der Waals surface area contributed by atoms with Gasteiger partial charge in [0.05, 0.1) is 0 Å². The summed E-state index contributed by atoms with van der Waals surface area (Å²) in [5.41, 5.74) is 8.36. The normalized spacial score (nSPS) is 17.5. The van der Waals surface area contributed by atoms with Crippen LogP contribution in [0.1, 0.15) is 36.3 Å². The molecule has 1 unspecified atom stereocenters. The Kier molecular flexibility index (Phi) is 4.50. The largest absolute Gasteiger partial charge is 0.408 e. The number of fused-ring (bicyclic) bond motifs is 1. The molecule has 0 spiro atoms. The zero-order valence-corrected chi connectivity index (χ0v) is 12.2. The monoisotopic (exact) mass is 286 g/mol. The maximum atomic E-state index is 5.65. The molecule has 1 aliphatic carbocycles. The number of nitrogens with one attached hydrogen (secondary N) is 1. The first kappa shape index (κ1) is 14.1. The highest BCUT2D eigenvalue weighted by Gasteiger charge is 2.19. The van der Waals surface area contributed by atoms with Crippen molar-refractivity contribution in [2.45, 2.75) is 44.6 Å². The Hall–Kier alpha value is -1.88. The second kappa shape index (κ2) is 6.72. The van der Waals surface area contributed by atoms with Crippen molar-refractivity contribution in [3.8, 4) is 0 Å². The summed E-state index contributed by atoms with van der Waals surface area (Å²) in [6, 6.07) is 9.55. The molecule has 2 aromatic rings. The van der Waals surface area contributed by atoms with E-state index in [4.69, 9.17) is 10.2 Å². The molecule has 1 atom stereocenters. The van der Waals surface area contributed by atoms with Crippen LogP contribution in [0.5, 0.6) is 0 Å². The minimum atomic E-state index is 0.372. The number of unbranched alkanes of at least 4 members (excludes halogenated alkanes) is 1. The number of nitrogens with zero attached hydrogens (tertiary/aromatic N) is 2. The van der Waals surface area contributed by atoms with E-state index in [0.717, 1.165) is 38.5 Å². The quantitative estimate of drug-likeness (QED) is 0.797. The predicted octanol–water partition coefficient (Wildman–Crippen LogP) is 2.32. The number of anilines is 1. The first-order valence-electron chi connectivity index (χ1n) is 7.71. The van der Waals surface area contributed by atoms with E-state index in [0.29, 0.717) is 24.5 Å². The van der Waals surface area contributed by atoms with Gasteiger partial charge in [0.1, 0.15) is 0 Å². The van der Waals surface area contributed by atoms with Gasteiger partial charge >= 0.3 is 6.01 Å². The van der Waals surface area contributed by atoms with Gasteiger partial charge in [-0.2, -0.15) is 0 Å². The zero-order valence-electron chi connectivity index (χ0n) is 12.2. The van der Waals surface area contributed by atoms with Gasteiger partial charge in [-0.05, 0) is 49.8 Å². The molecule has 0 radical (unpaired) electrons. The van der Waals surface area contributed by atoms with Crippen LogP contribution < -0.4 is 11.1 Å². The number of benzene rings is 1. The summed E-state index contributed by atoms with van der Waals surface area (Å²) in [6.07, 6.45) is 6.01. The first-order valence-corrected chi connectivity index (χ1v) is 7.71. The SMILES string of the molecule is NCCCCc1nnc(NC2CCc3ccccc3C2)o1. The van der Waals surface area contributed by atoms with Crippen LogP contribution in [-0.2, 0) is 19.3 Å². The lowest BCUT2D eigenvalue weighted by atomic mass is 9.88. The van der Waals surface area contributed by atoms with Gasteiger partial charge in [0.25, 0.3) is 0 Å². The highest BCUT2D eigenvalue weighted by molar-refractivity contribution is 5.33. The Morgan fingerprint density at radius 2 is 2.05 bits per heavy atom. The summed E-state index contributed by atoms with van der Waals surface area (Å²) in [6.45, 7) is 0.709. The van der Waals surface area contributed by atoms with Crippen molar-refractivity contribution in [3.63, 3.8) is 0 Å². The molecule has 0 aliphatic heterocycles. The van der Waals surface area contributed by atoms with Gasteiger partial charge < -0.3 is 15.5 Å². The van der Waals surface area contributed by atoms with E-state index >= 15 is 0 Å². The van der Waals surface area contributed by atoms with Gasteiger partial charge in [-0.1, -0.05) is 29.4 Å². The Balaban J connectivity index is 1.55. The van der Waals surface area contributed by atoms with Crippen LogP contribution in [-0.4, -0.2) is 22.8 Å². The molecule has 0 fully saturated rings. The van der Waals surface area contributed by atoms with Crippen LogP contribution >= 0.6 is 0 Å². The van der Waals surface area contributed by atoms with Crippen molar-refractivity contribution < 1.29 is 4.42 Å². The van der Waals surface area contributed by atoms with Gasteiger partial charge in [-0.3, -0.25) is 0 Å². The number of aryl methyl sites for hydroxylation is 2. The molecular formula is C16H22N4O. The maximum absolute atomic E-state index is 5.65. The third-order valence-corrected chi connectivity index (χ3v) is 3.99. The van der Waals surface area contributed by atoms with Crippen molar-refractivity contribution >= 4 is 6.01 Å². The van der Waals surface area contributed by atoms with E-state index in [1.54, 1.807) is 0 Å². The Morgan fingerprint density at radius 3 is 2.90 bits per heavy atom. The van der Waals surface area contributed by atoms with Gasteiger partial charge in [-0.15, -0.1) is 5.10 Å². The van der Waals surface area contributed by atoms with E-state index in [-0.39, 0.29) is 0 Å². The average Bonchev–Trinajstić information content (AvgIpc) is 2.95. The molecule has 1 heterocycles. The van der Waals surface area contributed by atoms with E-state index in [9.17, 15) is 0 Å². The number of hydrogen-bond acceptors (Lipinski definition) is 5. The molecule has 1 aromatic carbocycles. The minimum absolute atomic E-state index is 0.372.